The topological polar surface area (TPSA) is 55.1 Å². The highest BCUT2D eigenvalue weighted by atomic mass is 32.2. The van der Waals surface area contributed by atoms with Crippen LogP contribution in [0.3, 0.4) is 0 Å². The molecule has 0 spiro atoms. The Hall–Kier alpha value is -1.56. The zero-order chi connectivity index (χ0) is 15.0. The Morgan fingerprint density at radius 2 is 2.19 bits per heavy atom. The molecule has 1 aromatic carbocycles. The molecule has 1 aromatic heterocycles. The summed E-state index contributed by atoms with van der Waals surface area (Å²) in [5, 5.41) is 9.57. The van der Waals surface area contributed by atoms with Crippen LogP contribution in [0.1, 0.15) is 32.6 Å². The summed E-state index contributed by atoms with van der Waals surface area (Å²) in [5.74, 6) is -1.21. The number of carbonyl (C=O) groups is 1. The van der Waals surface area contributed by atoms with Crippen LogP contribution in [0, 0.1) is 5.82 Å². The number of carboxylic acid groups (broad SMARTS) is 1. The lowest BCUT2D eigenvalue weighted by Gasteiger charge is -2.28. The minimum absolute atomic E-state index is 0.0398. The molecule has 0 unspecified atom stereocenters. The Labute approximate surface area is 126 Å². The predicted octanol–water partition coefficient (Wildman–Crippen LogP) is 3.64. The average Bonchev–Trinajstić information content (AvgIpc) is 3.00. The fourth-order valence-electron chi connectivity index (χ4n) is 3.13. The van der Waals surface area contributed by atoms with E-state index in [1.165, 1.54) is 23.9 Å². The largest absolute Gasteiger partial charge is 0.481 e. The fraction of sp³-hybridized carbons (Fsp3) is 0.467. The molecule has 1 aliphatic carbocycles. The standard InChI is InChI=1S/C15H17FN2O2S/c1-15(6-2-3-7-15)18-12-8-10(16)4-5-11(12)17-14(18)21-9-13(19)20/h4-5,8H,2-3,6-7,9H2,1H3,(H,19,20). The van der Waals surface area contributed by atoms with Gasteiger partial charge in [0.05, 0.1) is 16.8 Å². The Morgan fingerprint density at radius 3 is 2.86 bits per heavy atom. The summed E-state index contributed by atoms with van der Waals surface area (Å²) in [5.41, 5.74) is 1.37. The maximum Gasteiger partial charge on any atom is 0.313 e. The Morgan fingerprint density at radius 1 is 1.48 bits per heavy atom. The Kier molecular flexibility index (Phi) is 3.65. The smallest absolute Gasteiger partial charge is 0.313 e. The molecule has 0 bridgehead atoms. The minimum atomic E-state index is -0.874. The van der Waals surface area contributed by atoms with Crippen LogP contribution in [0.4, 0.5) is 4.39 Å². The number of carboxylic acids is 1. The van der Waals surface area contributed by atoms with Gasteiger partial charge in [-0.25, -0.2) is 9.37 Å². The van der Waals surface area contributed by atoms with Crippen LogP contribution in [0.15, 0.2) is 23.4 Å². The number of imidazole rings is 1. The van der Waals surface area contributed by atoms with E-state index < -0.39 is 5.97 Å². The third-order valence-electron chi connectivity index (χ3n) is 4.13. The second-order valence-corrected chi connectivity index (χ2v) is 6.69. The van der Waals surface area contributed by atoms with Crippen LogP contribution < -0.4 is 0 Å². The maximum atomic E-state index is 13.6. The minimum Gasteiger partial charge on any atom is -0.481 e. The molecule has 6 heteroatoms. The van der Waals surface area contributed by atoms with Gasteiger partial charge in [0.1, 0.15) is 5.82 Å². The zero-order valence-electron chi connectivity index (χ0n) is 11.8. The number of nitrogens with zero attached hydrogens (tertiary/aromatic N) is 2. The first-order valence-corrected chi connectivity index (χ1v) is 8.01. The number of aliphatic carboxylic acids is 1. The van der Waals surface area contributed by atoms with E-state index in [2.05, 4.69) is 11.9 Å². The molecule has 0 saturated heterocycles. The molecule has 4 nitrogen and oxygen atoms in total. The van der Waals surface area contributed by atoms with Gasteiger partial charge in [0, 0.05) is 5.54 Å². The van der Waals surface area contributed by atoms with Crippen molar-refractivity contribution in [3.8, 4) is 0 Å². The van der Waals surface area contributed by atoms with Gasteiger partial charge in [-0.05, 0) is 38.0 Å². The molecule has 1 saturated carbocycles. The lowest BCUT2D eigenvalue weighted by Crippen LogP contribution is -2.27. The molecule has 1 aliphatic rings. The average molecular weight is 308 g/mol. The Balaban J connectivity index is 2.14. The van der Waals surface area contributed by atoms with Crippen molar-refractivity contribution in [2.24, 2.45) is 0 Å². The van der Waals surface area contributed by atoms with Gasteiger partial charge in [0.2, 0.25) is 0 Å². The van der Waals surface area contributed by atoms with Gasteiger partial charge in [-0.3, -0.25) is 4.79 Å². The van der Waals surface area contributed by atoms with E-state index in [9.17, 15) is 9.18 Å². The van der Waals surface area contributed by atoms with Crippen molar-refractivity contribution in [1.29, 1.82) is 0 Å². The first-order valence-electron chi connectivity index (χ1n) is 7.03. The third kappa shape index (κ3) is 2.64. The van der Waals surface area contributed by atoms with Gasteiger partial charge in [-0.2, -0.15) is 0 Å². The van der Waals surface area contributed by atoms with Gasteiger partial charge < -0.3 is 9.67 Å². The van der Waals surface area contributed by atoms with E-state index in [4.69, 9.17) is 5.11 Å². The number of hydrogen-bond donors (Lipinski definition) is 1. The molecule has 3 rings (SSSR count). The normalized spacial score (nSPS) is 17.4. The van der Waals surface area contributed by atoms with E-state index in [1.807, 2.05) is 4.57 Å². The van der Waals surface area contributed by atoms with Gasteiger partial charge in [0.15, 0.2) is 5.16 Å². The van der Waals surface area contributed by atoms with Crippen LogP contribution in [-0.4, -0.2) is 26.4 Å². The number of benzene rings is 1. The van der Waals surface area contributed by atoms with E-state index in [-0.39, 0.29) is 17.1 Å². The van der Waals surface area contributed by atoms with E-state index in [0.29, 0.717) is 5.16 Å². The van der Waals surface area contributed by atoms with Crippen molar-refractivity contribution < 1.29 is 14.3 Å². The van der Waals surface area contributed by atoms with Crippen LogP contribution in [-0.2, 0) is 10.3 Å². The maximum absolute atomic E-state index is 13.6. The number of halogens is 1. The number of rotatable bonds is 4. The molecular weight excluding hydrogens is 291 g/mol. The summed E-state index contributed by atoms with van der Waals surface area (Å²) >= 11 is 1.20. The van der Waals surface area contributed by atoms with E-state index in [1.54, 1.807) is 6.07 Å². The molecule has 112 valence electrons. The van der Waals surface area contributed by atoms with Crippen molar-refractivity contribution in [3.63, 3.8) is 0 Å². The summed E-state index contributed by atoms with van der Waals surface area (Å²) in [6, 6.07) is 4.54. The Bertz CT molecular complexity index is 692. The van der Waals surface area contributed by atoms with E-state index in [0.717, 1.165) is 36.7 Å². The van der Waals surface area contributed by atoms with Gasteiger partial charge in [-0.1, -0.05) is 24.6 Å². The number of hydrogen-bond acceptors (Lipinski definition) is 3. The highest BCUT2D eigenvalue weighted by Crippen LogP contribution is 2.41. The van der Waals surface area contributed by atoms with Crippen molar-refractivity contribution in [1.82, 2.24) is 9.55 Å². The van der Waals surface area contributed by atoms with Crippen molar-refractivity contribution in [3.05, 3.63) is 24.0 Å². The number of thioether (sulfide) groups is 1. The third-order valence-corrected chi connectivity index (χ3v) is 5.05. The molecular formula is C15H17FN2O2S. The molecule has 1 N–H and O–H groups in total. The predicted molar refractivity (Wildman–Crippen MR) is 80.2 cm³/mol. The molecule has 0 atom stereocenters. The van der Waals surface area contributed by atoms with Crippen LogP contribution >= 0.6 is 11.8 Å². The fourth-order valence-corrected chi connectivity index (χ4v) is 3.99. The molecule has 2 aromatic rings. The number of fused-ring (bicyclic) bond motifs is 1. The summed E-state index contributed by atoms with van der Waals surface area (Å²) in [6.45, 7) is 2.15. The molecule has 21 heavy (non-hydrogen) atoms. The summed E-state index contributed by atoms with van der Waals surface area (Å²) in [7, 11) is 0. The lowest BCUT2D eigenvalue weighted by molar-refractivity contribution is -0.133. The second-order valence-electron chi connectivity index (χ2n) is 5.75. The molecule has 0 amide bonds. The summed E-state index contributed by atoms with van der Waals surface area (Å²) < 4.78 is 15.7. The van der Waals surface area contributed by atoms with Crippen molar-refractivity contribution >= 4 is 28.8 Å². The monoisotopic (exact) mass is 308 g/mol. The highest BCUT2D eigenvalue weighted by molar-refractivity contribution is 7.99. The van der Waals surface area contributed by atoms with E-state index >= 15 is 0 Å². The summed E-state index contributed by atoms with van der Waals surface area (Å²) in [6.07, 6.45) is 4.29. The van der Waals surface area contributed by atoms with Crippen LogP contribution in [0.25, 0.3) is 11.0 Å². The first kappa shape index (κ1) is 14.4. The molecule has 0 aliphatic heterocycles. The first-order chi connectivity index (χ1) is 9.99. The zero-order valence-corrected chi connectivity index (χ0v) is 12.6. The SMILES string of the molecule is CC1(n2c(SCC(=O)O)nc3ccc(F)cc32)CCCC1. The molecule has 1 fully saturated rings. The van der Waals surface area contributed by atoms with Gasteiger partial charge >= 0.3 is 5.97 Å². The van der Waals surface area contributed by atoms with Crippen molar-refractivity contribution in [2.75, 3.05) is 5.75 Å². The lowest BCUT2D eigenvalue weighted by atomic mass is 10.00. The molecule has 1 heterocycles. The van der Waals surface area contributed by atoms with Gasteiger partial charge in [0.25, 0.3) is 0 Å². The van der Waals surface area contributed by atoms with Crippen molar-refractivity contribution in [2.45, 2.75) is 43.3 Å². The summed E-state index contributed by atoms with van der Waals surface area (Å²) in [4.78, 5) is 15.3. The van der Waals surface area contributed by atoms with Crippen LogP contribution in [0.5, 0.6) is 0 Å². The van der Waals surface area contributed by atoms with Crippen LogP contribution in [0.2, 0.25) is 0 Å². The number of aromatic nitrogens is 2. The quantitative estimate of drug-likeness (QED) is 0.876. The second kappa shape index (κ2) is 5.33. The highest BCUT2D eigenvalue weighted by Gasteiger charge is 2.34. The molecule has 0 radical (unpaired) electrons. The van der Waals surface area contributed by atoms with Gasteiger partial charge in [-0.15, -0.1) is 0 Å².